The van der Waals surface area contributed by atoms with Crippen LogP contribution in [0.25, 0.3) is 0 Å². The standard InChI is InChI=1S/C11H11BrClN3O3S/c1-7-3-8(12)4-9(20(13,17)18)11(7)19-5-10-14-6-15-16(10)2/h3-4,6H,5H2,1-2H3. The minimum Gasteiger partial charge on any atom is -0.484 e. The summed E-state index contributed by atoms with van der Waals surface area (Å²) in [5.41, 5.74) is 0.653. The van der Waals surface area contributed by atoms with Crippen molar-refractivity contribution in [2.45, 2.75) is 18.4 Å². The molecule has 0 radical (unpaired) electrons. The van der Waals surface area contributed by atoms with Crippen LogP contribution in [0.2, 0.25) is 0 Å². The van der Waals surface area contributed by atoms with Gasteiger partial charge in [-0.3, -0.25) is 4.68 Å². The molecule has 0 unspecified atom stereocenters. The first-order valence-corrected chi connectivity index (χ1v) is 8.59. The average Bonchev–Trinajstić information content (AvgIpc) is 2.72. The lowest BCUT2D eigenvalue weighted by Gasteiger charge is -2.12. The fourth-order valence-electron chi connectivity index (χ4n) is 1.65. The van der Waals surface area contributed by atoms with Crippen molar-refractivity contribution >= 4 is 35.7 Å². The van der Waals surface area contributed by atoms with Crippen LogP contribution in [0.3, 0.4) is 0 Å². The third kappa shape index (κ3) is 3.31. The van der Waals surface area contributed by atoms with Crippen LogP contribution in [0.15, 0.2) is 27.8 Å². The van der Waals surface area contributed by atoms with Crippen molar-refractivity contribution in [1.29, 1.82) is 0 Å². The summed E-state index contributed by atoms with van der Waals surface area (Å²) in [7, 11) is 3.25. The minimum atomic E-state index is -3.91. The minimum absolute atomic E-state index is 0.0757. The molecular weight excluding hydrogens is 370 g/mol. The van der Waals surface area contributed by atoms with Crippen LogP contribution < -0.4 is 4.74 Å². The van der Waals surface area contributed by atoms with E-state index in [4.69, 9.17) is 15.4 Å². The fourth-order valence-corrected chi connectivity index (χ4v) is 3.43. The Morgan fingerprint density at radius 1 is 1.45 bits per heavy atom. The molecule has 20 heavy (non-hydrogen) atoms. The Bertz CT molecular complexity index is 745. The predicted octanol–water partition coefficient (Wildman–Crippen LogP) is 2.39. The maximum atomic E-state index is 11.6. The summed E-state index contributed by atoms with van der Waals surface area (Å²) in [6.45, 7) is 1.83. The SMILES string of the molecule is Cc1cc(Br)cc(S(=O)(=O)Cl)c1OCc1ncnn1C. The summed E-state index contributed by atoms with van der Waals surface area (Å²) in [4.78, 5) is 3.93. The van der Waals surface area contributed by atoms with E-state index in [0.717, 1.165) is 0 Å². The summed E-state index contributed by atoms with van der Waals surface area (Å²) >= 11 is 3.24. The molecule has 1 aromatic heterocycles. The molecular formula is C11H11BrClN3O3S. The molecule has 2 rings (SSSR count). The second-order valence-electron chi connectivity index (χ2n) is 4.08. The summed E-state index contributed by atoms with van der Waals surface area (Å²) < 4.78 is 31.0. The van der Waals surface area contributed by atoms with Crippen LogP contribution in [0, 0.1) is 6.92 Å². The van der Waals surface area contributed by atoms with Crippen LogP contribution in [-0.2, 0) is 22.7 Å². The molecule has 0 fully saturated rings. The van der Waals surface area contributed by atoms with Crippen molar-refractivity contribution in [2.24, 2.45) is 7.05 Å². The van der Waals surface area contributed by atoms with Gasteiger partial charge in [0.05, 0.1) is 0 Å². The van der Waals surface area contributed by atoms with E-state index in [9.17, 15) is 8.42 Å². The van der Waals surface area contributed by atoms with Crippen molar-refractivity contribution in [3.63, 3.8) is 0 Å². The van der Waals surface area contributed by atoms with Crippen LogP contribution >= 0.6 is 26.6 Å². The molecule has 0 aliphatic carbocycles. The quantitative estimate of drug-likeness (QED) is 0.761. The second-order valence-corrected chi connectivity index (χ2v) is 7.53. The predicted molar refractivity (Wildman–Crippen MR) is 77.3 cm³/mol. The van der Waals surface area contributed by atoms with Gasteiger partial charge in [0, 0.05) is 22.2 Å². The highest BCUT2D eigenvalue weighted by Gasteiger charge is 2.20. The first-order chi connectivity index (χ1) is 9.29. The summed E-state index contributed by atoms with van der Waals surface area (Å²) in [6.07, 6.45) is 1.40. The Labute approximate surface area is 129 Å². The van der Waals surface area contributed by atoms with Crippen molar-refractivity contribution < 1.29 is 13.2 Å². The molecule has 0 aliphatic rings. The maximum Gasteiger partial charge on any atom is 0.265 e. The second kappa shape index (κ2) is 5.71. The van der Waals surface area contributed by atoms with Crippen molar-refractivity contribution in [2.75, 3.05) is 0 Å². The van der Waals surface area contributed by atoms with Gasteiger partial charge in [-0.05, 0) is 24.6 Å². The van der Waals surface area contributed by atoms with E-state index < -0.39 is 9.05 Å². The van der Waals surface area contributed by atoms with Crippen molar-refractivity contribution in [1.82, 2.24) is 14.8 Å². The molecule has 0 N–H and O–H groups in total. The highest BCUT2D eigenvalue weighted by molar-refractivity contribution is 9.10. The first kappa shape index (κ1) is 15.3. The highest BCUT2D eigenvalue weighted by atomic mass is 79.9. The number of aryl methyl sites for hydroxylation is 2. The van der Waals surface area contributed by atoms with Gasteiger partial charge in [-0.15, -0.1) is 0 Å². The number of rotatable bonds is 4. The molecule has 2 aromatic rings. The number of ether oxygens (including phenoxy) is 1. The van der Waals surface area contributed by atoms with E-state index in [-0.39, 0.29) is 17.3 Å². The summed E-state index contributed by atoms with van der Waals surface area (Å²) in [5.74, 6) is 0.788. The van der Waals surface area contributed by atoms with Crippen molar-refractivity contribution in [3.05, 3.63) is 34.3 Å². The van der Waals surface area contributed by atoms with Crippen LogP contribution in [0.1, 0.15) is 11.4 Å². The van der Waals surface area contributed by atoms with Gasteiger partial charge in [0.15, 0.2) is 5.82 Å². The lowest BCUT2D eigenvalue weighted by atomic mass is 10.2. The van der Waals surface area contributed by atoms with Gasteiger partial charge in [-0.25, -0.2) is 13.4 Å². The number of hydrogen-bond acceptors (Lipinski definition) is 5. The third-order valence-electron chi connectivity index (χ3n) is 2.62. The average molecular weight is 381 g/mol. The lowest BCUT2D eigenvalue weighted by molar-refractivity contribution is 0.280. The van der Waals surface area contributed by atoms with E-state index in [1.807, 2.05) is 0 Å². The molecule has 108 valence electrons. The number of hydrogen-bond donors (Lipinski definition) is 0. The zero-order chi connectivity index (χ0) is 14.9. The molecule has 0 saturated carbocycles. The van der Waals surface area contributed by atoms with Crippen LogP contribution in [0.5, 0.6) is 5.75 Å². The largest absolute Gasteiger partial charge is 0.484 e. The van der Waals surface area contributed by atoms with Crippen molar-refractivity contribution in [3.8, 4) is 5.75 Å². The van der Waals surface area contributed by atoms with E-state index >= 15 is 0 Å². The zero-order valence-electron chi connectivity index (χ0n) is 10.7. The molecule has 1 heterocycles. The normalized spacial score (nSPS) is 11.6. The van der Waals surface area contributed by atoms with E-state index in [0.29, 0.717) is 15.9 Å². The van der Waals surface area contributed by atoms with Gasteiger partial charge in [-0.1, -0.05) is 15.9 Å². The van der Waals surface area contributed by atoms with Gasteiger partial charge in [0.25, 0.3) is 9.05 Å². The summed E-state index contributed by atoms with van der Waals surface area (Å²) in [5, 5.41) is 3.91. The number of nitrogens with zero attached hydrogens (tertiary/aromatic N) is 3. The molecule has 0 spiro atoms. The lowest BCUT2D eigenvalue weighted by Crippen LogP contribution is -2.07. The number of aromatic nitrogens is 3. The molecule has 0 aliphatic heterocycles. The fraction of sp³-hybridized carbons (Fsp3) is 0.273. The summed E-state index contributed by atoms with van der Waals surface area (Å²) in [6, 6.07) is 3.15. The monoisotopic (exact) mass is 379 g/mol. The molecule has 9 heteroatoms. The Kier molecular flexibility index (Phi) is 4.36. The van der Waals surface area contributed by atoms with Gasteiger partial charge < -0.3 is 4.74 Å². The van der Waals surface area contributed by atoms with Crippen LogP contribution in [0.4, 0.5) is 0 Å². The number of halogens is 2. The highest BCUT2D eigenvalue weighted by Crippen LogP contribution is 2.34. The molecule has 1 aromatic carbocycles. The van der Waals surface area contributed by atoms with Gasteiger partial charge in [-0.2, -0.15) is 5.10 Å². The van der Waals surface area contributed by atoms with Gasteiger partial charge in [0.1, 0.15) is 23.6 Å². The third-order valence-corrected chi connectivity index (χ3v) is 4.40. The smallest absolute Gasteiger partial charge is 0.265 e. The maximum absolute atomic E-state index is 11.6. The van der Waals surface area contributed by atoms with E-state index in [2.05, 4.69) is 26.0 Å². The zero-order valence-corrected chi connectivity index (χ0v) is 13.8. The molecule has 0 atom stereocenters. The Balaban J connectivity index is 2.38. The Morgan fingerprint density at radius 3 is 2.70 bits per heavy atom. The molecule has 6 nitrogen and oxygen atoms in total. The first-order valence-electron chi connectivity index (χ1n) is 5.49. The molecule has 0 amide bonds. The molecule has 0 saturated heterocycles. The van der Waals surface area contributed by atoms with E-state index in [1.165, 1.54) is 12.4 Å². The Morgan fingerprint density at radius 2 is 2.15 bits per heavy atom. The number of benzene rings is 1. The molecule has 0 bridgehead atoms. The van der Waals surface area contributed by atoms with Crippen LogP contribution in [-0.4, -0.2) is 23.2 Å². The Hall–Kier alpha value is -1.12. The van der Waals surface area contributed by atoms with Gasteiger partial charge >= 0.3 is 0 Å². The van der Waals surface area contributed by atoms with Gasteiger partial charge in [0.2, 0.25) is 0 Å². The van der Waals surface area contributed by atoms with E-state index in [1.54, 1.807) is 24.7 Å². The topological polar surface area (TPSA) is 74.1 Å².